The molecular weight excluding hydrogens is 380 g/mol. The lowest BCUT2D eigenvalue weighted by atomic mass is 10.1. The van der Waals surface area contributed by atoms with Crippen LogP contribution in [0.2, 0.25) is 5.02 Å². The Hall–Kier alpha value is -3.56. The molecule has 2 N–H and O–H groups in total. The number of nitriles is 1. The number of halogens is 1. The lowest BCUT2D eigenvalue weighted by Crippen LogP contribution is -2.25. The van der Waals surface area contributed by atoms with Crippen LogP contribution in [0.1, 0.15) is 22.8 Å². The maximum Gasteiger partial charge on any atom is 0.352 e. The Morgan fingerprint density at radius 3 is 2.43 bits per heavy atom. The third-order valence-corrected chi connectivity index (χ3v) is 3.92. The van der Waals surface area contributed by atoms with E-state index in [1.165, 1.54) is 6.08 Å². The molecule has 1 amide bonds. The molecule has 142 valence electrons. The number of hydrogen-bond acceptors (Lipinski definition) is 5. The van der Waals surface area contributed by atoms with Gasteiger partial charge in [-0.1, -0.05) is 48.0 Å². The van der Waals surface area contributed by atoms with Crippen molar-refractivity contribution >= 4 is 29.6 Å². The molecular formula is C21H17ClN2O4. The van der Waals surface area contributed by atoms with Gasteiger partial charge in [0.25, 0.3) is 5.91 Å². The molecule has 0 aromatic heterocycles. The van der Waals surface area contributed by atoms with Crippen LogP contribution in [0.3, 0.4) is 0 Å². The first-order valence-corrected chi connectivity index (χ1v) is 8.69. The van der Waals surface area contributed by atoms with Crippen LogP contribution in [0.5, 0.6) is 0 Å². The molecule has 2 aromatic carbocycles. The molecule has 0 spiro atoms. The van der Waals surface area contributed by atoms with E-state index in [0.717, 1.165) is 0 Å². The number of ether oxygens (including phenoxy) is 1. The second-order valence-corrected chi connectivity index (χ2v) is 5.86. The van der Waals surface area contributed by atoms with E-state index in [4.69, 9.17) is 16.3 Å². The highest BCUT2D eigenvalue weighted by Gasteiger charge is 2.21. The molecule has 0 aliphatic rings. The van der Waals surface area contributed by atoms with Gasteiger partial charge < -0.3 is 15.2 Å². The Kier molecular flexibility index (Phi) is 7.37. The monoisotopic (exact) mass is 396 g/mol. The summed E-state index contributed by atoms with van der Waals surface area (Å²) in [4.78, 5) is 24.5. The van der Waals surface area contributed by atoms with Gasteiger partial charge in [-0.25, -0.2) is 4.79 Å². The number of aliphatic hydroxyl groups is 1. The van der Waals surface area contributed by atoms with Gasteiger partial charge in [0, 0.05) is 10.6 Å². The first kappa shape index (κ1) is 20.7. The summed E-state index contributed by atoms with van der Waals surface area (Å²) < 4.78 is 4.78. The quantitative estimate of drug-likeness (QED) is 0.252. The molecule has 0 unspecified atom stereocenters. The molecule has 2 aromatic rings. The molecule has 0 bridgehead atoms. The van der Waals surface area contributed by atoms with E-state index < -0.39 is 23.2 Å². The number of nitrogens with one attached hydrogen (secondary N) is 1. The molecule has 0 saturated heterocycles. The predicted molar refractivity (Wildman–Crippen MR) is 105 cm³/mol. The number of carbonyl (C=O) groups excluding carboxylic acids is 2. The van der Waals surface area contributed by atoms with Crippen LogP contribution < -0.4 is 5.32 Å². The molecule has 7 heteroatoms. The molecule has 2 rings (SSSR count). The fourth-order valence-corrected chi connectivity index (χ4v) is 2.42. The number of rotatable bonds is 6. The van der Waals surface area contributed by atoms with E-state index in [0.29, 0.717) is 16.1 Å². The predicted octanol–water partition coefficient (Wildman–Crippen LogP) is 4.01. The van der Waals surface area contributed by atoms with Crippen LogP contribution in [0.4, 0.5) is 0 Å². The maximum atomic E-state index is 12.5. The molecule has 0 saturated carbocycles. The fourth-order valence-electron chi connectivity index (χ4n) is 2.23. The van der Waals surface area contributed by atoms with Crippen molar-refractivity contribution in [1.82, 2.24) is 5.32 Å². The zero-order valence-corrected chi connectivity index (χ0v) is 15.7. The van der Waals surface area contributed by atoms with Crippen LogP contribution in [0, 0.1) is 11.3 Å². The van der Waals surface area contributed by atoms with Gasteiger partial charge in [-0.05, 0) is 36.8 Å². The average Bonchev–Trinajstić information content (AvgIpc) is 2.70. The van der Waals surface area contributed by atoms with Crippen molar-refractivity contribution in [2.45, 2.75) is 6.92 Å². The number of carbonyl (C=O) groups is 2. The zero-order chi connectivity index (χ0) is 20.5. The van der Waals surface area contributed by atoms with Crippen LogP contribution in [0.15, 0.2) is 71.6 Å². The Balaban J connectivity index is 2.53. The van der Waals surface area contributed by atoms with Gasteiger partial charge >= 0.3 is 5.97 Å². The molecule has 0 fully saturated rings. The van der Waals surface area contributed by atoms with Gasteiger partial charge in [-0.2, -0.15) is 5.26 Å². The van der Waals surface area contributed by atoms with Crippen molar-refractivity contribution in [3.8, 4) is 6.07 Å². The summed E-state index contributed by atoms with van der Waals surface area (Å²) >= 11 is 6.14. The van der Waals surface area contributed by atoms with Crippen molar-refractivity contribution in [2.24, 2.45) is 0 Å². The lowest BCUT2D eigenvalue weighted by Gasteiger charge is -2.12. The largest absolute Gasteiger partial charge is 0.504 e. The number of hydrogen-bond donors (Lipinski definition) is 2. The number of amides is 1. The van der Waals surface area contributed by atoms with Gasteiger partial charge in [-0.3, -0.25) is 4.79 Å². The fraction of sp³-hybridized carbons (Fsp3) is 0.0952. The van der Waals surface area contributed by atoms with Crippen LogP contribution >= 0.6 is 11.6 Å². The van der Waals surface area contributed by atoms with E-state index in [1.54, 1.807) is 67.6 Å². The Bertz CT molecular complexity index is 975. The molecule has 0 heterocycles. The first-order chi connectivity index (χ1) is 13.5. The lowest BCUT2D eigenvalue weighted by molar-refractivity contribution is -0.138. The van der Waals surface area contributed by atoms with Crippen molar-refractivity contribution in [3.63, 3.8) is 0 Å². The Morgan fingerprint density at radius 2 is 1.82 bits per heavy atom. The van der Waals surface area contributed by atoms with Crippen molar-refractivity contribution in [1.29, 1.82) is 5.26 Å². The summed E-state index contributed by atoms with van der Waals surface area (Å²) in [6, 6.07) is 16.6. The standard InChI is InChI=1S/C21H17ClN2O4/c1-2-28-21(27)16(13-23)19(25)18(12-15-10-6-7-11-17(15)22)24-20(26)14-8-4-3-5-9-14/h3-12,25H,2H2,1H3,(H,24,26)/b18-12-,19-16-. The van der Waals surface area contributed by atoms with Crippen molar-refractivity contribution in [2.75, 3.05) is 6.61 Å². The number of benzene rings is 2. The third kappa shape index (κ3) is 5.22. The van der Waals surface area contributed by atoms with Gasteiger partial charge in [0.05, 0.1) is 12.3 Å². The van der Waals surface area contributed by atoms with Crippen LogP contribution in [-0.2, 0) is 9.53 Å². The molecule has 0 aliphatic carbocycles. The normalized spacial score (nSPS) is 11.8. The summed E-state index contributed by atoms with van der Waals surface area (Å²) in [6.45, 7) is 1.60. The molecule has 0 aliphatic heterocycles. The van der Waals surface area contributed by atoms with E-state index in [9.17, 15) is 20.0 Å². The minimum atomic E-state index is -0.999. The Morgan fingerprint density at radius 1 is 1.18 bits per heavy atom. The van der Waals surface area contributed by atoms with Gasteiger partial charge in [0.15, 0.2) is 11.3 Å². The second-order valence-electron chi connectivity index (χ2n) is 5.46. The summed E-state index contributed by atoms with van der Waals surface area (Å²) in [6.07, 6.45) is 1.37. The SMILES string of the molecule is CCOC(=O)/C(C#N)=C(O)/C(=C/c1ccccc1Cl)NC(=O)c1ccccc1. The van der Waals surface area contributed by atoms with Crippen molar-refractivity contribution in [3.05, 3.63) is 87.8 Å². The van der Waals surface area contributed by atoms with E-state index in [1.807, 2.05) is 0 Å². The van der Waals surface area contributed by atoms with Gasteiger partial charge in [0.2, 0.25) is 0 Å². The first-order valence-electron chi connectivity index (χ1n) is 8.31. The molecule has 28 heavy (non-hydrogen) atoms. The average molecular weight is 397 g/mol. The summed E-state index contributed by atoms with van der Waals surface area (Å²) in [5.41, 5.74) is 0.00954. The van der Waals surface area contributed by atoms with Gasteiger partial charge in [-0.15, -0.1) is 0 Å². The molecule has 0 atom stereocenters. The highest BCUT2D eigenvalue weighted by Crippen LogP contribution is 2.21. The summed E-state index contributed by atoms with van der Waals surface area (Å²) in [5.74, 6) is -2.25. The van der Waals surface area contributed by atoms with Crippen LogP contribution in [0.25, 0.3) is 6.08 Å². The topological polar surface area (TPSA) is 99.4 Å². The molecule has 6 nitrogen and oxygen atoms in total. The van der Waals surface area contributed by atoms with Crippen LogP contribution in [-0.4, -0.2) is 23.6 Å². The van der Waals surface area contributed by atoms with Gasteiger partial charge in [0.1, 0.15) is 6.07 Å². The number of nitrogens with zero attached hydrogens (tertiary/aromatic N) is 1. The zero-order valence-electron chi connectivity index (χ0n) is 15.0. The minimum absolute atomic E-state index is 0.0250. The third-order valence-electron chi connectivity index (χ3n) is 3.57. The highest BCUT2D eigenvalue weighted by molar-refractivity contribution is 6.32. The Labute approximate surface area is 167 Å². The smallest absolute Gasteiger partial charge is 0.352 e. The summed E-state index contributed by atoms with van der Waals surface area (Å²) in [7, 11) is 0. The van der Waals surface area contributed by atoms with Crippen molar-refractivity contribution < 1.29 is 19.4 Å². The van der Waals surface area contributed by atoms with E-state index >= 15 is 0 Å². The molecule has 0 radical (unpaired) electrons. The maximum absolute atomic E-state index is 12.5. The summed E-state index contributed by atoms with van der Waals surface area (Å²) in [5, 5.41) is 22.7. The minimum Gasteiger partial charge on any atom is -0.504 e. The van der Waals surface area contributed by atoms with E-state index in [2.05, 4.69) is 5.32 Å². The number of esters is 1. The highest BCUT2D eigenvalue weighted by atomic mass is 35.5. The number of aliphatic hydroxyl groups excluding tert-OH is 1. The van der Waals surface area contributed by atoms with E-state index in [-0.39, 0.29) is 12.3 Å². The second kappa shape index (κ2) is 9.95.